The molecule has 2 aliphatic rings. The maximum Gasteiger partial charge on any atom is 0.295 e. The maximum absolute atomic E-state index is 13.1. The number of aliphatic hydroxyl groups excluding tert-OH is 1. The fourth-order valence-corrected chi connectivity index (χ4v) is 4.55. The minimum Gasteiger partial charge on any atom is -0.507 e. The SMILES string of the molecule is CN(C)CCCN1C(=O)C(=O)/C(=C(\O)c2ccc3c(c2)CCCC3)C1c1ccccn1. The molecular weight excluding hydrogens is 390 g/mol. The summed E-state index contributed by atoms with van der Waals surface area (Å²) in [5, 5.41) is 11.2. The van der Waals surface area contributed by atoms with Gasteiger partial charge in [-0.3, -0.25) is 14.6 Å². The lowest BCUT2D eigenvalue weighted by Gasteiger charge is -2.25. The van der Waals surface area contributed by atoms with E-state index >= 15 is 0 Å². The highest BCUT2D eigenvalue weighted by Crippen LogP contribution is 2.39. The van der Waals surface area contributed by atoms with Crippen molar-refractivity contribution in [2.75, 3.05) is 27.2 Å². The van der Waals surface area contributed by atoms with Crippen LogP contribution < -0.4 is 0 Å². The van der Waals surface area contributed by atoms with Crippen LogP contribution in [0.25, 0.3) is 5.76 Å². The molecule has 4 rings (SSSR count). The van der Waals surface area contributed by atoms with E-state index in [0.717, 1.165) is 32.2 Å². The zero-order valence-electron chi connectivity index (χ0n) is 18.2. The summed E-state index contributed by atoms with van der Waals surface area (Å²) < 4.78 is 0. The number of hydrogen-bond donors (Lipinski definition) is 1. The van der Waals surface area contributed by atoms with E-state index in [2.05, 4.69) is 4.98 Å². The van der Waals surface area contributed by atoms with Crippen molar-refractivity contribution in [3.63, 3.8) is 0 Å². The molecule has 1 aromatic heterocycles. The molecule has 31 heavy (non-hydrogen) atoms. The molecule has 162 valence electrons. The van der Waals surface area contributed by atoms with Crippen LogP contribution in [0.2, 0.25) is 0 Å². The molecular formula is C25H29N3O3. The number of rotatable bonds is 6. The third-order valence-electron chi connectivity index (χ3n) is 6.13. The highest BCUT2D eigenvalue weighted by Gasteiger charge is 2.46. The van der Waals surface area contributed by atoms with Crippen molar-refractivity contribution in [2.24, 2.45) is 0 Å². The number of pyridine rings is 1. The van der Waals surface area contributed by atoms with E-state index in [1.165, 1.54) is 17.5 Å². The van der Waals surface area contributed by atoms with Gasteiger partial charge in [-0.25, -0.2) is 0 Å². The van der Waals surface area contributed by atoms with E-state index in [1.807, 2.05) is 43.3 Å². The molecule has 1 atom stereocenters. The number of hydrogen-bond acceptors (Lipinski definition) is 5. The monoisotopic (exact) mass is 419 g/mol. The number of nitrogens with zero attached hydrogens (tertiary/aromatic N) is 3. The zero-order valence-corrected chi connectivity index (χ0v) is 18.2. The van der Waals surface area contributed by atoms with Gasteiger partial charge in [0.25, 0.3) is 11.7 Å². The predicted octanol–water partition coefficient (Wildman–Crippen LogP) is 3.33. The van der Waals surface area contributed by atoms with Crippen LogP contribution in [0, 0.1) is 0 Å². The lowest BCUT2D eigenvalue weighted by molar-refractivity contribution is -0.140. The van der Waals surface area contributed by atoms with Crippen molar-refractivity contribution < 1.29 is 14.7 Å². The van der Waals surface area contributed by atoms with Crippen LogP contribution >= 0.6 is 0 Å². The summed E-state index contributed by atoms with van der Waals surface area (Å²) in [4.78, 5) is 34.0. The summed E-state index contributed by atoms with van der Waals surface area (Å²) in [5.41, 5.74) is 3.82. The Balaban J connectivity index is 1.76. The Morgan fingerprint density at radius 1 is 1.13 bits per heavy atom. The van der Waals surface area contributed by atoms with Gasteiger partial charge < -0.3 is 14.9 Å². The number of amides is 1. The predicted molar refractivity (Wildman–Crippen MR) is 120 cm³/mol. The summed E-state index contributed by atoms with van der Waals surface area (Å²) >= 11 is 0. The van der Waals surface area contributed by atoms with Gasteiger partial charge in [-0.2, -0.15) is 0 Å². The van der Waals surface area contributed by atoms with Crippen molar-refractivity contribution in [3.8, 4) is 0 Å². The number of carbonyl (C=O) groups excluding carboxylic acids is 2. The minimum absolute atomic E-state index is 0.113. The second kappa shape index (κ2) is 9.02. The lowest BCUT2D eigenvalue weighted by atomic mass is 9.89. The van der Waals surface area contributed by atoms with Crippen molar-refractivity contribution in [3.05, 3.63) is 70.6 Å². The van der Waals surface area contributed by atoms with E-state index in [0.29, 0.717) is 17.8 Å². The molecule has 1 aliphatic heterocycles. The van der Waals surface area contributed by atoms with Crippen LogP contribution in [0.4, 0.5) is 0 Å². The molecule has 2 heterocycles. The smallest absolute Gasteiger partial charge is 0.295 e. The van der Waals surface area contributed by atoms with Gasteiger partial charge >= 0.3 is 0 Å². The summed E-state index contributed by atoms with van der Waals surface area (Å²) in [6, 6.07) is 10.6. The van der Waals surface area contributed by atoms with E-state index in [4.69, 9.17) is 0 Å². The molecule has 2 aromatic rings. The first-order valence-electron chi connectivity index (χ1n) is 10.9. The Morgan fingerprint density at radius 2 is 1.90 bits per heavy atom. The highest BCUT2D eigenvalue weighted by atomic mass is 16.3. The van der Waals surface area contributed by atoms with Gasteiger partial charge in [-0.1, -0.05) is 18.2 Å². The number of fused-ring (bicyclic) bond motifs is 1. The van der Waals surface area contributed by atoms with Gasteiger partial charge in [0.1, 0.15) is 11.8 Å². The van der Waals surface area contributed by atoms with E-state index in [1.54, 1.807) is 23.2 Å². The second-order valence-corrected chi connectivity index (χ2v) is 8.59. The van der Waals surface area contributed by atoms with Crippen LogP contribution in [-0.2, 0) is 22.4 Å². The summed E-state index contributed by atoms with van der Waals surface area (Å²) in [6.45, 7) is 1.22. The van der Waals surface area contributed by atoms with Gasteiger partial charge in [-0.15, -0.1) is 0 Å². The first-order valence-corrected chi connectivity index (χ1v) is 10.9. The largest absolute Gasteiger partial charge is 0.507 e. The van der Waals surface area contributed by atoms with Crippen molar-refractivity contribution >= 4 is 17.4 Å². The molecule has 0 bridgehead atoms. The van der Waals surface area contributed by atoms with Crippen molar-refractivity contribution in [1.82, 2.24) is 14.8 Å². The topological polar surface area (TPSA) is 73.7 Å². The zero-order chi connectivity index (χ0) is 22.0. The summed E-state index contributed by atoms with van der Waals surface area (Å²) in [6.07, 6.45) is 6.69. The van der Waals surface area contributed by atoms with Crippen molar-refractivity contribution in [1.29, 1.82) is 0 Å². The maximum atomic E-state index is 13.1. The number of aromatic nitrogens is 1. The molecule has 1 amide bonds. The second-order valence-electron chi connectivity index (χ2n) is 8.59. The van der Waals surface area contributed by atoms with Crippen LogP contribution in [0.5, 0.6) is 0 Å². The lowest BCUT2D eigenvalue weighted by Crippen LogP contribution is -2.32. The fraction of sp³-hybridized carbons (Fsp3) is 0.400. The van der Waals surface area contributed by atoms with Crippen LogP contribution in [0.1, 0.15) is 47.7 Å². The number of likely N-dealkylation sites (tertiary alicyclic amines) is 1. The number of aryl methyl sites for hydroxylation is 2. The standard InChI is InChI=1S/C25H29N3O3/c1-27(2)14-7-15-28-22(20-10-5-6-13-26-20)21(24(30)25(28)31)23(29)19-12-11-17-8-3-4-9-18(17)16-19/h5-6,10-13,16,22,29H,3-4,7-9,14-15H2,1-2H3/b23-21-. The van der Waals surface area contributed by atoms with Crippen LogP contribution in [0.15, 0.2) is 48.2 Å². The number of aliphatic hydroxyl groups is 1. The van der Waals surface area contributed by atoms with Gasteiger partial charge in [0, 0.05) is 18.3 Å². The normalized spacial score (nSPS) is 20.4. The third-order valence-corrected chi connectivity index (χ3v) is 6.13. The minimum atomic E-state index is -0.681. The molecule has 0 spiro atoms. The first kappa shape index (κ1) is 21.2. The molecule has 1 N–H and O–H groups in total. The number of carbonyl (C=O) groups is 2. The van der Waals surface area contributed by atoms with E-state index in [9.17, 15) is 14.7 Å². The molecule has 6 nitrogen and oxygen atoms in total. The average molecular weight is 420 g/mol. The molecule has 1 fully saturated rings. The van der Waals surface area contributed by atoms with Crippen molar-refractivity contribution in [2.45, 2.75) is 38.1 Å². The summed E-state index contributed by atoms with van der Waals surface area (Å²) in [7, 11) is 3.95. The Labute approximate surface area is 183 Å². The van der Waals surface area contributed by atoms with E-state index in [-0.39, 0.29) is 11.3 Å². The number of benzene rings is 1. The molecule has 1 unspecified atom stereocenters. The number of ketones is 1. The molecule has 0 saturated carbocycles. The molecule has 1 aliphatic carbocycles. The Bertz CT molecular complexity index is 1010. The van der Waals surface area contributed by atoms with Gasteiger partial charge in [0.15, 0.2) is 0 Å². The van der Waals surface area contributed by atoms with Gasteiger partial charge in [0.05, 0.1) is 11.3 Å². The Kier molecular flexibility index (Phi) is 6.18. The molecule has 1 aromatic carbocycles. The fourth-order valence-electron chi connectivity index (χ4n) is 4.55. The molecule has 6 heteroatoms. The Hall–Kier alpha value is -2.99. The molecule has 1 saturated heterocycles. The average Bonchev–Trinajstić information content (AvgIpc) is 3.03. The highest BCUT2D eigenvalue weighted by molar-refractivity contribution is 6.46. The summed E-state index contributed by atoms with van der Waals surface area (Å²) in [5.74, 6) is -1.33. The van der Waals surface area contributed by atoms with Gasteiger partial charge in [-0.05, 0) is 82.1 Å². The Morgan fingerprint density at radius 3 is 2.61 bits per heavy atom. The van der Waals surface area contributed by atoms with E-state index < -0.39 is 17.7 Å². The quantitative estimate of drug-likeness (QED) is 0.442. The van der Waals surface area contributed by atoms with Crippen LogP contribution in [0.3, 0.4) is 0 Å². The number of Topliss-reactive ketones (excluding diaryl/α,β-unsaturated/α-hetero) is 1. The third kappa shape index (κ3) is 4.26. The first-order chi connectivity index (χ1) is 15.0. The molecule has 0 radical (unpaired) electrons. The van der Waals surface area contributed by atoms with Crippen LogP contribution in [-0.4, -0.2) is 58.8 Å². The van der Waals surface area contributed by atoms with Gasteiger partial charge in [0.2, 0.25) is 0 Å².